The lowest BCUT2D eigenvalue weighted by Crippen LogP contribution is -2.29. The number of anilines is 1. The molecule has 3 aromatic rings. The molecule has 0 aliphatic rings. The number of aryl methyl sites for hydroxylation is 1. The van der Waals surface area contributed by atoms with Crippen LogP contribution in [0.15, 0.2) is 54.7 Å². The summed E-state index contributed by atoms with van der Waals surface area (Å²) >= 11 is 23.4. The zero-order valence-corrected chi connectivity index (χ0v) is 20.4. The Morgan fingerprint density at radius 1 is 1.03 bits per heavy atom. The van der Waals surface area contributed by atoms with Crippen molar-refractivity contribution in [3.8, 4) is 0 Å². The lowest BCUT2D eigenvalue weighted by Gasteiger charge is -2.18. The third-order valence-electron chi connectivity index (χ3n) is 4.74. The van der Waals surface area contributed by atoms with Gasteiger partial charge in [-0.3, -0.25) is 15.6 Å². The van der Waals surface area contributed by atoms with Crippen LogP contribution in [0.25, 0.3) is 6.08 Å². The van der Waals surface area contributed by atoms with Gasteiger partial charge >= 0.3 is 6.18 Å². The van der Waals surface area contributed by atoms with Crippen molar-refractivity contribution < 1.29 is 18.0 Å². The summed E-state index contributed by atoms with van der Waals surface area (Å²) in [5.74, 6) is -2.39. The zero-order chi connectivity index (χ0) is 25.0. The monoisotopic (exact) mass is 547 g/mol. The number of hydrogen-bond donors (Lipinski definition) is 2. The van der Waals surface area contributed by atoms with Gasteiger partial charge in [0.05, 0.1) is 32.9 Å². The van der Waals surface area contributed by atoms with Crippen LogP contribution in [-0.2, 0) is 0 Å². The predicted molar refractivity (Wildman–Crippen MR) is 131 cm³/mol. The summed E-state index contributed by atoms with van der Waals surface area (Å²) in [6.45, 7) is 1.68. The smallest absolute Gasteiger partial charge is 0.297 e. The van der Waals surface area contributed by atoms with Gasteiger partial charge in [-0.1, -0.05) is 70.7 Å². The molecule has 0 bridgehead atoms. The lowest BCUT2D eigenvalue weighted by atomic mass is 9.96. The molecular weight excluding hydrogens is 533 g/mol. The van der Waals surface area contributed by atoms with Gasteiger partial charge in [0.1, 0.15) is 5.15 Å². The molecule has 1 atom stereocenters. The third-order valence-corrected chi connectivity index (χ3v) is 6.16. The molecule has 0 saturated carbocycles. The first-order chi connectivity index (χ1) is 16.0. The first kappa shape index (κ1) is 26.2. The predicted octanol–water partition coefficient (Wildman–Crippen LogP) is 8.12. The number of pyridine rings is 1. The molecule has 4 nitrogen and oxygen atoms in total. The van der Waals surface area contributed by atoms with Gasteiger partial charge in [0.2, 0.25) is 0 Å². The normalized spacial score (nSPS) is 12.6. The molecule has 0 aliphatic heterocycles. The van der Waals surface area contributed by atoms with E-state index >= 15 is 0 Å². The number of hydrazine groups is 1. The second kappa shape index (κ2) is 10.9. The maximum absolute atomic E-state index is 13.7. The SMILES string of the molecule is Cc1cc(/C=C/C(c2cc(Cl)c(Cl)c(Cl)c2)C(F)(F)F)ccc1C(=O)NNc1ccc(Cl)nc1. The maximum atomic E-state index is 13.7. The standard InChI is InChI=1S/C23H16Cl4F3N3O/c1-12-8-13(2-5-16(12)22(34)33-32-15-4-7-20(26)31-11-15)3-6-17(23(28,29)30)14-9-18(24)21(27)19(25)10-14/h2-11,17,32H,1H3,(H,33,34)/b6-3+. The molecule has 178 valence electrons. The van der Waals surface area contributed by atoms with Gasteiger partial charge in [-0.25, -0.2) is 4.98 Å². The van der Waals surface area contributed by atoms with Gasteiger partial charge < -0.3 is 0 Å². The first-order valence-electron chi connectivity index (χ1n) is 9.63. The van der Waals surface area contributed by atoms with Gasteiger partial charge in [-0.15, -0.1) is 0 Å². The van der Waals surface area contributed by atoms with Crippen LogP contribution >= 0.6 is 46.4 Å². The van der Waals surface area contributed by atoms with E-state index in [2.05, 4.69) is 15.8 Å². The van der Waals surface area contributed by atoms with E-state index in [0.717, 1.165) is 18.2 Å². The number of allylic oxidation sites excluding steroid dienone is 1. The summed E-state index contributed by atoms with van der Waals surface area (Å²) in [4.78, 5) is 16.4. The van der Waals surface area contributed by atoms with E-state index in [0.29, 0.717) is 27.5 Å². The Kier molecular flexibility index (Phi) is 8.36. The van der Waals surface area contributed by atoms with E-state index in [1.165, 1.54) is 24.4 Å². The Labute approximate surface area is 213 Å². The molecule has 0 aliphatic carbocycles. The van der Waals surface area contributed by atoms with E-state index in [1.807, 2.05) is 0 Å². The number of nitrogens with one attached hydrogen (secondary N) is 2. The van der Waals surface area contributed by atoms with Gasteiger partial charge in [0.25, 0.3) is 5.91 Å². The maximum Gasteiger partial charge on any atom is 0.399 e. The summed E-state index contributed by atoms with van der Waals surface area (Å²) < 4.78 is 41.2. The van der Waals surface area contributed by atoms with Crippen LogP contribution in [0.4, 0.5) is 18.9 Å². The topological polar surface area (TPSA) is 54.0 Å². The molecule has 1 unspecified atom stereocenters. The molecule has 3 rings (SSSR count). The highest BCUT2D eigenvalue weighted by atomic mass is 35.5. The summed E-state index contributed by atoms with van der Waals surface area (Å²) in [6, 6.07) is 10.1. The molecule has 2 N–H and O–H groups in total. The highest BCUT2D eigenvalue weighted by Crippen LogP contribution is 2.41. The number of aromatic nitrogens is 1. The largest absolute Gasteiger partial charge is 0.399 e. The minimum absolute atomic E-state index is 0.0108. The van der Waals surface area contributed by atoms with Gasteiger partial charge in [-0.05, 0) is 53.9 Å². The summed E-state index contributed by atoms with van der Waals surface area (Å²) in [7, 11) is 0. The van der Waals surface area contributed by atoms with Crippen molar-refractivity contribution >= 4 is 64.1 Å². The fraction of sp³-hybridized carbons (Fsp3) is 0.130. The quantitative estimate of drug-likeness (QED) is 0.186. The number of amides is 1. The van der Waals surface area contributed by atoms with Crippen molar-refractivity contribution in [2.24, 2.45) is 0 Å². The van der Waals surface area contributed by atoms with Crippen LogP contribution in [0, 0.1) is 6.92 Å². The van der Waals surface area contributed by atoms with Crippen LogP contribution in [-0.4, -0.2) is 17.1 Å². The van der Waals surface area contributed by atoms with E-state index in [-0.39, 0.29) is 20.6 Å². The van der Waals surface area contributed by atoms with Crippen molar-refractivity contribution in [2.75, 3.05) is 5.43 Å². The Morgan fingerprint density at radius 3 is 2.26 bits per heavy atom. The number of hydrogen-bond acceptors (Lipinski definition) is 3. The molecule has 0 fully saturated rings. The minimum Gasteiger partial charge on any atom is -0.297 e. The van der Waals surface area contributed by atoms with Crippen LogP contribution in [0.3, 0.4) is 0 Å². The molecule has 1 heterocycles. The fourth-order valence-electron chi connectivity index (χ4n) is 3.06. The minimum atomic E-state index is -4.59. The average molecular weight is 549 g/mol. The molecule has 11 heteroatoms. The van der Waals surface area contributed by atoms with E-state index < -0.39 is 18.0 Å². The average Bonchev–Trinajstić information content (AvgIpc) is 2.76. The van der Waals surface area contributed by atoms with Gasteiger partial charge in [0.15, 0.2) is 0 Å². The number of alkyl halides is 3. The fourth-order valence-corrected chi connectivity index (χ4v) is 3.79. The van der Waals surface area contributed by atoms with E-state index in [4.69, 9.17) is 46.4 Å². The Bertz CT molecular complexity index is 1210. The van der Waals surface area contributed by atoms with Gasteiger partial charge in [-0.2, -0.15) is 13.2 Å². The molecule has 1 amide bonds. The van der Waals surface area contributed by atoms with Gasteiger partial charge in [0, 0.05) is 5.56 Å². The van der Waals surface area contributed by atoms with Crippen LogP contribution in [0.5, 0.6) is 0 Å². The summed E-state index contributed by atoms with van der Waals surface area (Å²) in [6.07, 6.45) is -0.823. The molecule has 0 spiro atoms. The number of rotatable bonds is 6. The first-order valence-corrected chi connectivity index (χ1v) is 11.1. The third kappa shape index (κ3) is 6.57. The van der Waals surface area contributed by atoms with E-state index in [1.54, 1.807) is 25.1 Å². The lowest BCUT2D eigenvalue weighted by molar-refractivity contribution is -0.139. The second-order valence-electron chi connectivity index (χ2n) is 7.20. The van der Waals surface area contributed by atoms with Crippen LogP contribution in [0.2, 0.25) is 20.2 Å². The number of carbonyl (C=O) groups is 1. The Morgan fingerprint density at radius 2 is 1.71 bits per heavy atom. The number of carbonyl (C=O) groups excluding carboxylic acids is 1. The summed E-state index contributed by atoms with van der Waals surface area (Å²) in [5.41, 5.74) is 7.01. The molecular formula is C23H16Cl4F3N3O. The van der Waals surface area contributed by atoms with Crippen LogP contribution in [0.1, 0.15) is 33.0 Å². The molecule has 1 aromatic heterocycles. The molecule has 2 aromatic carbocycles. The summed E-state index contributed by atoms with van der Waals surface area (Å²) in [5, 5.41) is 0.164. The Hall–Kier alpha value is -2.45. The number of nitrogens with zero attached hydrogens (tertiary/aromatic N) is 1. The number of benzene rings is 2. The van der Waals surface area contributed by atoms with Crippen molar-refractivity contribution in [2.45, 2.75) is 19.0 Å². The van der Waals surface area contributed by atoms with E-state index in [9.17, 15) is 18.0 Å². The van der Waals surface area contributed by atoms with Crippen molar-refractivity contribution in [1.29, 1.82) is 0 Å². The highest BCUT2D eigenvalue weighted by Gasteiger charge is 2.39. The Balaban J connectivity index is 1.77. The van der Waals surface area contributed by atoms with Crippen molar-refractivity contribution in [3.63, 3.8) is 0 Å². The number of halogens is 7. The van der Waals surface area contributed by atoms with Crippen LogP contribution < -0.4 is 10.9 Å². The molecule has 0 saturated heterocycles. The van der Waals surface area contributed by atoms with Crippen molar-refractivity contribution in [3.05, 3.63) is 97.2 Å². The second-order valence-corrected chi connectivity index (χ2v) is 8.78. The van der Waals surface area contributed by atoms with Crippen molar-refractivity contribution in [1.82, 2.24) is 10.4 Å². The molecule has 34 heavy (non-hydrogen) atoms. The highest BCUT2D eigenvalue weighted by molar-refractivity contribution is 6.48. The molecule has 0 radical (unpaired) electrons. The zero-order valence-electron chi connectivity index (χ0n) is 17.4.